The quantitative estimate of drug-likeness (QED) is 0.423. The van der Waals surface area contributed by atoms with E-state index in [1.54, 1.807) is 17.9 Å². The zero-order valence-corrected chi connectivity index (χ0v) is 22.7. The summed E-state index contributed by atoms with van der Waals surface area (Å²) in [5, 5.41) is 3.66. The first kappa shape index (κ1) is 26.6. The first-order chi connectivity index (χ1) is 16.1. The van der Waals surface area contributed by atoms with Crippen molar-refractivity contribution in [2.24, 2.45) is 0 Å². The Labute approximate surface area is 216 Å². The van der Waals surface area contributed by atoms with Crippen LogP contribution in [0.1, 0.15) is 64.5 Å². The van der Waals surface area contributed by atoms with Crippen molar-refractivity contribution in [1.82, 2.24) is 10.2 Å². The second-order valence-corrected chi connectivity index (χ2v) is 11.2. The summed E-state index contributed by atoms with van der Waals surface area (Å²) in [6.07, 6.45) is 4.22. The van der Waals surface area contributed by atoms with E-state index in [4.69, 9.17) is 16.3 Å². The number of hydrogen-bond acceptors (Lipinski definition) is 3. The molecule has 34 heavy (non-hydrogen) atoms. The van der Waals surface area contributed by atoms with Crippen LogP contribution in [0.25, 0.3) is 0 Å². The van der Waals surface area contributed by atoms with Gasteiger partial charge in [-0.3, -0.25) is 9.59 Å². The van der Waals surface area contributed by atoms with Crippen LogP contribution >= 0.6 is 27.5 Å². The Balaban J connectivity index is 1.74. The number of nitrogens with one attached hydrogen (secondary N) is 1. The van der Waals surface area contributed by atoms with Gasteiger partial charge in [0.2, 0.25) is 5.91 Å². The summed E-state index contributed by atoms with van der Waals surface area (Å²) < 4.78 is 6.66. The van der Waals surface area contributed by atoms with E-state index in [-0.39, 0.29) is 36.4 Å². The molecule has 0 bridgehead atoms. The zero-order valence-electron chi connectivity index (χ0n) is 20.4. The summed E-state index contributed by atoms with van der Waals surface area (Å²) in [4.78, 5) is 27.9. The van der Waals surface area contributed by atoms with Crippen molar-refractivity contribution >= 4 is 39.3 Å². The van der Waals surface area contributed by atoms with Crippen LogP contribution in [0.5, 0.6) is 5.75 Å². The van der Waals surface area contributed by atoms with E-state index in [0.717, 1.165) is 41.3 Å². The minimum Gasteiger partial charge on any atom is -0.483 e. The van der Waals surface area contributed by atoms with Gasteiger partial charge in [-0.1, -0.05) is 69.5 Å². The molecular formula is C27H34BrClN2O3. The number of halogens is 2. The molecule has 1 fully saturated rings. The smallest absolute Gasteiger partial charge is 0.261 e. The summed E-state index contributed by atoms with van der Waals surface area (Å²) >= 11 is 9.92. The maximum atomic E-state index is 13.3. The van der Waals surface area contributed by atoms with E-state index in [9.17, 15) is 9.59 Å². The van der Waals surface area contributed by atoms with Crippen LogP contribution in [0.15, 0.2) is 46.9 Å². The van der Waals surface area contributed by atoms with Crippen LogP contribution < -0.4 is 10.1 Å². The molecule has 184 valence electrons. The van der Waals surface area contributed by atoms with Crippen molar-refractivity contribution in [2.45, 2.75) is 77.4 Å². The molecule has 3 rings (SSSR count). The maximum absolute atomic E-state index is 13.3. The highest BCUT2D eigenvalue weighted by atomic mass is 79.9. The van der Waals surface area contributed by atoms with Crippen LogP contribution in [0.2, 0.25) is 5.02 Å². The van der Waals surface area contributed by atoms with Crippen molar-refractivity contribution in [3.05, 3.63) is 63.1 Å². The van der Waals surface area contributed by atoms with Gasteiger partial charge in [-0.05, 0) is 70.4 Å². The summed E-state index contributed by atoms with van der Waals surface area (Å²) in [7, 11) is 0. The van der Waals surface area contributed by atoms with E-state index >= 15 is 0 Å². The normalized spacial score (nSPS) is 15.1. The molecule has 5 nitrogen and oxygen atoms in total. The number of hydrogen-bond donors (Lipinski definition) is 1. The lowest BCUT2D eigenvalue weighted by Crippen LogP contribution is -2.50. The van der Waals surface area contributed by atoms with E-state index in [0.29, 0.717) is 10.8 Å². The Bertz CT molecular complexity index is 1020. The third-order valence-electron chi connectivity index (χ3n) is 6.32. The number of rotatable bonds is 8. The van der Waals surface area contributed by atoms with Gasteiger partial charge in [-0.15, -0.1) is 0 Å². The topological polar surface area (TPSA) is 58.6 Å². The fraction of sp³-hybridized carbons (Fsp3) is 0.481. The van der Waals surface area contributed by atoms with Crippen molar-refractivity contribution in [2.75, 3.05) is 6.61 Å². The third kappa shape index (κ3) is 6.98. The lowest BCUT2D eigenvalue weighted by atomic mass is 9.87. The molecule has 0 spiro atoms. The number of nitrogens with zero attached hydrogens (tertiary/aromatic N) is 1. The summed E-state index contributed by atoms with van der Waals surface area (Å²) in [6, 6.07) is 12.8. The molecule has 1 aliphatic carbocycles. The number of benzene rings is 2. The van der Waals surface area contributed by atoms with Crippen LogP contribution in [0, 0.1) is 0 Å². The molecule has 2 aromatic carbocycles. The molecule has 0 aromatic heterocycles. The molecule has 2 amide bonds. The van der Waals surface area contributed by atoms with Crippen molar-refractivity contribution in [1.29, 1.82) is 0 Å². The molecule has 1 aliphatic rings. The van der Waals surface area contributed by atoms with Crippen LogP contribution in [0.4, 0.5) is 0 Å². The van der Waals surface area contributed by atoms with Gasteiger partial charge in [0.25, 0.3) is 5.91 Å². The number of carbonyl (C=O) groups excluding carboxylic acids is 2. The lowest BCUT2D eigenvalue weighted by Gasteiger charge is -2.30. The molecular weight excluding hydrogens is 516 g/mol. The molecule has 0 aliphatic heterocycles. The van der Waals surface area contributed by atoms with Crippen molar-refractivity contribution < 1.29 is 14.3 Å². The van der Waals surface area contributed by atoms with Crippen LogP contribution in [-0.2, 0) is 21.5 Å². The van der Waals surface area contributed by atoms with Gasteiger partial charge in [-0.25, -0.2) is 0 Å². The Morgan fingerprint density at radius 1 is 1.18 bits per heavy atom. The summed E-state index contributed by atoms with van der Waals surface area (Å²) in [6.45, 7) is 8.23. The molecule has 7 heteroatoms. The Morgan fingerprint density at radius 3 is 2.47 bits per heavy atom. The van der Waals surface area contributed by atoms with E-state index in [1.807, 2.05) is 36.4 Å². The largest absolute Gasteiger partial charge is 0.483 e. The molecule has 0 radical (unpaired) electrons. The average molecular weight is 550 g/mol. The van der Waals surface area contributed by atoms with E-state index < -0.39 is 6.04 Å². The second kappa shape index (κ2) is 11.6. The SMILES string of the molecule is C[C@H](C(=O)NC1CCCC1)N(Cc1ccccc1Cl)C(=O)COc1ccc(C(C)(C)C)cc1Br. The predicted octanol–water partition coefficient (Wildman–Crippen LogP) is 6.25. The average Bonchev–Trinajstić information content (AvgIpc) is 3.29. The molecule has 1 saturated carbocycles. The Kier molecular flexibility index (Phi) is 9.05. The number of amides is 2. The molecule has 0 heterocycles. The fourth-order valence-electron chi connectivity index (χ4n) is 4.09. The van der Waals surface area contributed by atoms with Gasteiger partial charge < -0.3 is 15.0 Å². The molecule has 1 atom stereocenters. The third-order valence-corrected chi connectivity index (χ3v) is 7.30. The summed E-state index contributed by atoms with van der Waals surface area (Å²) in [5.41, 5.74) is 1.95. The molecule has 0 unspecified atom stereocenters. The van der Waals surface area contributed by atoms with Gasteiger partial charge in [0.1, 0.15) is 11.8 Å². The first-order valence-corrected chi connectivity index (χ1v) is 13.0. The minimum absolute atomic E-state index is 0.00469. The van der Waals surface area contributed by atoms with Gasteiger partial charge in [0, 0.05) is 17.6 Å². The van der Waals surface area contributed by atoms with Gasteiger partial charge in [0.05, 0.1) is 4.47 Å². The minimum atomic E-state index is -0.653. The van der Waals surface area contributed by atoms with Crippen LogP contribution in [0.3, 0.4) is 0 Å². The molecule has 1 N–H and O–H groups in total. The van der Waals surface area contributed by atoms with Gasteiger partial charge >= 0.3 is 0 Å². The van der Waals surface area contributed by atoms with Crippen molar-refractivity contribution in [3.8, 4) is 5.75 Å². The second-order valence-electron chi connectivity index (χ2n) is 9.96. The Morgan fingerprint density at radius 2 is 1.85 bits per heavy atom. The van der Waals surface area contributed by atoms with Gasteiger partial charge in [-0.2, -0.15) is 0 Å². The predicted molar refractivity (Wildman–Crippen MR) is 140 cm³/mol. The highest BCUT2D eigenvalue weighted by Crippen LogP contribution is 2.31. The number of ether oxygens (including phenoxy) is 1. The number of carbonyl (C=O) groups is 2. The van der Waals surface area contributed by atoms with Crippen molar-refractivity contribution in [3.63, 3.8) is 0 Å². The maximum Gasteiger partial charge on any atom is 0.261 e. The molecule has 0 saturated heterocycles. The lowest BCUT2D eigenvalue weighted by molar-refractivity contribution is -0.142. The monoisotopic (exact) mass is 548 g/mol. The zero-order chi connectivity index (χ0) is 24.9. The standard InChI is InChI=1S/C27H34BrClN2O3/c1-18(26(33)30-21-10-6-7-11-21)31(16-19-9-5-8-12-23(19)29)25(32)17-34-24-14-13-20(15-22(24)28)27(2,3)4/h5,8-9,12-15,18,21H,6-7,10-11,16-17H2,1-4H3,(H,30,33)/t18-/m1/s1. The Hall–Kier alpha value is -2.05. The van der Waals surface area contributed by atoms with E-state index in [2.05, 4.69) is 42.0 Å². The van der Waals surface area contributed by atoms with E-state index in [1.165, 1.54) is 0 Å². The highest BCUT2D eigenvalue weighted by molar-refractivity contribution is 9.10. The first-order valence-electron chi connectivity index (χ1n) is 11.8. The molecule has 2 aromatic rings. The van der Waals surface area contributed by atoms with Gasteiger partial charge in [0.15, 0.2) is 6.61 Å². The fourth-order valence-corrected chi connectivity index (χ4v) is 4.78. The van der Waals surface area contributed by atoms with Crippen LogP contribution in [-0.4, -0.2) is 35.4 Å². The highest BCUT2D eigenvalue weighted by Gasteiger charge is 2.29. The summed E-state index contributed by atoms with van der Waals surface area (Å²) in [5.74, 6) is 0.158.